The van der Waals surface area contributed by atoms with Crippen LogP contribution in [0.1, 0.15) is 32.1 Å². The van der Waals surface area contributed by atoms with E-state index in [1.165, 1.54) is 36.0 Å². The van der Waals surface area contributed by atoms with Crippen molar-refractivity contribution in [3.8, 4) is 0 Å². The predicted molar refractivity (Wildman–Crippen MR) is 65.0 cm³/mol. The van der Waals surface area contributed by atoms with Crippen molar-refractivity contribution in [3.05, 3.63) is 12.4 Å². The van der Waals surface area contributed by atoms with Crippen LogP contribution in [0.15, 0.2) is 17.3 Å². The van der Waals surface area contributed by atoms with Gasteiger partial charge in [0.2, 0.25) is 10.0 Å². The number of nitrogens with zero attached hydrogens (tertiary/aromatic N) is 2. The first-order chi connectivity index (χ1) is 8.10. The second kappa shape index (κ2) is 5.18. The summed E-state index contributed by atoms with van der Waals surface area (Å²) in [5, 5.41) is 6.23. The number of hydrogen-bond donors (Lipinski definition) is 1. The lowest BCUT2D eigenvalue weighted by molar-refractivity contribution is 0.300. The summed E-state index contributed by atoms with van der Waals surface area (Å²) in [6.45, 7) is 0.619. The Morgan fingerprint density at radius 2 is 2.12 bits per heavy atom. The van der Waals surface area contributed by atoms with Crippen LogP contribution in [0.4, 0.5) is 0 Å². The first-order valence-corrected chi connectivity index (χ1v) is 7.50. The number of aromatic amines is 1. The molecule has 2 rings (SSSR count). The number of H-pyrrole nitrogens is 1. The lowest BCUT2D eigenvalue weighted by Gasteiger charge is -2.26. The summed E-state index contributed by atoms with van der Waals surface area (Å²) < 4.78 is 25.7. The first-order valence-electron chi connectivity index (χ1n) is 6.06. The summed E-state index contributed by atoms with van der Waals surface area (Å²) in [6.07, 6.45) is 8.80. The zero-order valence-electron chi connectivity index (χ0n) is 10.1. The fraction of sp³-hybridized carbons (Fsp3) is 0.727. The molecule has 17 heavy (non-hydrogen) atoms. The number of aromatic nitrogens is 2. The molecular weight excluding hydrogens is 238 g/mol. The van der Waals surface area contributed by atoms with E-state index in [1.54, 1.807) is 7.05 Å². The molecule has 96 valence electrons. The smallest absolute Gasteiger partial charge is 0.245 e. The molecule has 0 spiro atoms. The zero-order chi connectivity index (χ0) is 12.3. The SMILES string of the molecule is CN(CC1CCCCC1)S(=O)(=O)c1cn[nH]c1. The van der Waals surface area contributed by atoms with Gasteiger partial charge in [0.1, 0.15) is 4.90 Å². The second-order valence-corrected chi connectivity index (χ2v) is 6.77. The van der Waals surface area contributed by atoms with Gasteiger partial charge < -0.3 is 0 Å². The molecule has 1 heterocycles. The van der Waals surface area contributed by atoms with Gasteiger partial charge in [-0.2, -0.15) is 5.10 Å². The van der Waals surface area contributed by atoms with Gasteiger partial charge in [-0.3, -0.25) is 5.10 Å². The molecule has 1 saturated carbocycles. The van der Waals surface area contributed by atoms with Crippen LogP contribution in [0.2, 0.25) is 0 Å². The second-order valence-electron chi connectivity index (χ2n) is 4.72. The number of rotatable bonds is 4. The molecule has 1 aromatic rings. The van der Waals surface area contributed by atoms with E-state index in [-0.39, 0.29) is 4.90 Å². The lowest BCUT2D eigenvalue weighted by Crippen LogP contribution is -2.32. The van der Waals surface area contributed by atoms with Crippen molar-refractivity contribution in [2.24, 2.45) is 5.92 Å². The Morgan fingerprint density at radius 3 is 2.71 bits per heavy atom. The maximum absolute atomic E-state index is 12.1. The van der Waals surface area contributed by atoms with Crippen LogP contribution < -0.4 is 0 Å². The Bertz CT molecular complexity index is 435. The molecule has 0 radical (unpaired) electrons. The predicted octanol–water partition coefficient (Wildman–Crippen LogP) is 1.61. The van der Waals surface area contributed by atoms with Gasteiger partial charge in [0.25, 0.3) is 0 Å². The third-order valence-electron chi connectivity index (χ3n) is 3.42. The maximum atomic E-state index is 12.1. The quantitative estimate of drug-likeness (QED) is 0.891. The molecular formula is C11H19N3O2S. The fourth-order valence-corrected chi connectivity index (χ4v) is 3.55. The van der Waals surface area contributed by atoms with Crippen molar-refractivity contribution >= 4 is 10.0 Å². The van der Waals surface area contributed by atoms with Gasteiger partial charge in [-0.05, 0) is 18.8 Å². The minimum atomic E-state index is -3.36. The molecule has 0 saturated heterocycles. The molecule has 5 nitrogen and oxygen atoms in total. The van der Waals surface area contributed by atoms with Crippen molar-refractivity contribution in [2.45, 2.75) is 37.0 Å². The van der Waals surface area contributed by atoms with Crippen molar-refractivity contribution < 1.29 is 8.42 Å². The molecule has 0 atom stereocenters. The van der Waals surface area contributed by atoms with Gasteiger partial charge in [0.15, 0.2) is 0 Å². The molecule has 1 aliphatic rings. The van der Waals surface area contributed by atoms with Crippen LogP contribution in [-0.2, 0) is 10.0 Å². The summed E-state index contributed by atoms with van der Waals surface area (Å²) in [7, 11) is -1.71. The average molecular weight is 257 g/mol. The molecule has 6 heteroatoms. The summed E-state index contributed by atoms with van der Waals surface area (Å²) in [5.41, 5.74) is 0. The third kappa shape index (κ3) is 2.87. The Labute approximate surface area is 102 Å². The summed E-state index contributed by atoms with van der Waals surface area (Å²) in [4.78, 5) is 0.246. The molecule has 1 N–H and O–H groups in total. The van der Waals surface area contributed by atoms with Crippen molar-refractivity contribution in [1.29, 1.82) is 0 Å². The monoisotopic (exact) mass is 257 g/mol. The minimum Gasteiger partial charge on any atom is -0.284 e. The Kier molecular flexibility index (Phi) is 3.83. The maximum Gasteiger partial charge on any atom is 0.245 e. The Hall–Kier alpha value is -0.880. The molecule has 1 aromatic heterocycles. The molecule has 0 bridgehead atoms. The first kappa shape index (κ1) is 12.6. The van der Waals surface area contributed by atoms with E-state index in [2.05, 4.69) is 10.2 Å². The van der Waals surface area contributed by atoms with E-state index >= 15 is 0 Å². The van der Waals surface area contributed by atoms with Gasteiger partial charge in [0.05, 0.1) is 6.20 Å². The van der Waals surface area contributed by atoms with Gasteiger partial charge in [0, 0.05) is 19.8 Å². The molecule has 1 fully saturated rings. The minimum absolute atomic E-state index is 0.246. The van der Waals surface area contributed by atoms with Crippen LogP contribution in [0.25, 0.3) is 0 Å². The zero-order valence-corrected chi connectivity index (χ0v) is 10.9. The van der Waals surface area contributed by atoms with E-state index in [4.69, 9.17) is 0 Å². The van der Waals surface area contributed by atoms with Gasteiger partial charge >= 0.3 is 0 Å². The van der Waals surface area contributed by atoms with E-state index in [0.29, 0.717) is 12.5 Å². The van der Waals surface area contributed by atoms with Crippen molar-refractivity contribution in [3.63, 3.8) is 0 Å². The number of hydrogen-bond acceptors (Lipinski definition) is 3. The molecule has 0 unspecified atom stereocenters. The number of nitrogens with one attached hydrogen (secondary N) is 1. The third-order valence-corrected chi connectivity index (χ3v) is 5.21. The van der Waals surface area contributed by atoms with Gasteiger partial charge in [-0.25, -0.2) is 12.7 Å². The number of sulfonamides is 1. The Morgan fingerprint density at radius 1 is 1.41 bits per heavy atom. The lowest BCUT2D eigenvalue weighted by atomic mass is 9.89. The highest BCUT2D eigenvalue weighted by Crippen LogP contribution is 2.25. The van der Waals surface area contributed by atoms with Crippen LogP contribution in [0.5, 0.6) is 0 Å². The van der Waals surface area contributed by atoms with E-state index in [1.807, 2.05) is 0 Å². The van der Waals surface area contributed by atoms with E-state index < -0.39 is 10.0 Å². The van der Waals surface area contributed by atoms with Crippen LogP contribution in [-0.4, -0.2) is 36.5 Å². The van der Waals surface area contributed by atoms with E-state index in [0.717, 1.165) is 12.8 Å². The summed E-state index contributed by atoms with van der Waals surface area (Å²) >= 11 is 0. The molecule has 0 amide bonds. The van der Waals surface area contributed by atoms with Crippen molar-refractivity contribution in [1.82, 2.24) is 14.5 Å². The van der Waals surface area contributed by atoms with Crippen LogP contribution >= 0.6 is 0 Å². The van der Waals surface area contributed by atoms with Crippen molar-refractivity contribution in [2.75, 3.05) is 13.6 Å². The molecule has 0 aromatic carbocycles. The van der Waals surface area contributed by atoms with Crippen LogP contribution in [0, 0.1) is 5.92 Å². The Balaban J connectivity index is 2.01. The van der Waals surface area contributed by atoms with Crippen LogP contribution in [0.3, 0.4) is 0 Å². The standard InChI is InChI=1S/C11H19N3O2S/c1-14(9-10-5-3-2-4-6-10)17(15,16)11-7-12-13-8-11/h7-8,10H,2-6,9H2,1H3,(H,12,13). The van der Waals surface area contributed by atoms with Gasteiger partial charge in [-0.15, -0.1) is 0 Å². The molecule has 1 aliphatic carbocycles. The highest BCUT2D eigenvalue weighted by molar-refractivity contribution is 7.89. The average Bonchev–Trinajstić information content (AvgIpc) is 2.84. The fourth-order valence-electron chi connectivity index (χ4n) is 2.39. The molecule has 0 aliphatic heterocycles. The normalized spacial score (nSPS) is 18.7. The largest absolute Gasteiger partial charge is 0.284 e. The van der Waals surface area contributed by atoms with Gasteiger partial charge in [-0.1, -0.05) is 19.3 Å². The topological polar surface area (TPSA) is 66.1 Å². The highest BCUT2D eigenvalue weighted by atomic mass is 32.2. The highest BCUT2D eigenvalue weighted by Gasteiger charge is 2.25. The van der Waals surface area contributed by atoms with E-state index in [9.17, 15) is 8.42 Å². The summed E-state index contributed by atoms with van der Waals surface area (Å²) in [5.74, 6) is 0.510. The summed E-state index contributed by atoms with van der Waals surface area (Å²) in [6, 6.07) is 0.